The Morgan fingerprint density at radius 2 is 0.725 bits per heavy atom. The number of hydrogen-bond donors (Lipinski definition) is 0. The van der Waals surface area contributed by atoms with Gasteiger partial charge in [0.05, 0.1) is 38.8 Å². The quantitative estimate of drug-likeness (QED) is 0.180. The molecule has 0 aliphatic rings. The third-order valence-corrected chi connectivity index (χ3v) is 10.6. The van der Waals surface area contributed by atoms with Crippen molar-refractivity contribution in [3.8, 4) is 28.2 Å². The summed E-state index contributed by atoms with van der Waals surface area (Å²) in [4.78, 5) is 0. The van der Waals surface area contributed by atoms with Gasteiger partial charge in [0.15, 0.2) is 0 Å². The van der Waals surface area contributed by atoms with Crippen LogP contribution in [0.4, 0.5) is 0 Å². The van der Waals surface area contributed by atoms with Crippen molar-refractivity contribution >= 4 is 65.4 Å². The Kier molecular flexibility index (Phi) is 5.96. The Morgan fingerprint density at radius 3 is 1.39 bits per heavy atom. The Balaban J connectivity index is 1.27. The third kappa shape index (κ3) is 4.00. The summed E-state index contributed by atoms with van der Waals surface area (Å²) in [5.41, 5.74) is 13.1. The van der Waals surface area contributed by atoms with Gasteiger partial charge in [-0.3, -0.25) is 0 Å². The maximum atomic E-state index is 2.53. The summed E-state index contributed by atoms with van der Waals surface area (Å²) in [5.74, 6) is 0. The van der Waals surface area contributed by atoms with Crippen LogP contribution in [0.1, 0.15) is 0 Å². The van der Waals surface area contributed by atoms with Gasteiger partial charge in [-0.2, -0.15) is 0 Å². The van der Waals surface area contributed by atoms with Gasteiger partial charge in [0, 0.05) is 43.7 Å². The van der Waals surface area contributed by atoms with E-state index in [1.54, 1.807) is 0 Å². The molecule has 0 saturated carbocycles. The fraction of sp³-hybridized carbons (Fsp3) is 0. The summed E-state index contributed by atoms with van der Waals surface area (Å²) in [7, 11) is 0. The van der Waals surface area contributed by atoms with Crippen LogP contribution < -0.4 is 0 Å². The van der Waals surface area contributed by atoms with Gasteiger partial charge < -0.3 is 13.7 Å². The molecule has 3 nitrogen and oxygen atoms in total. The van der Waals surface area contributed by atoms with Gasteiger partial charge >= 0.3 is 0 Å². The molecule has 8 aromatic carbocycles. The lowest BCUT2D eigenvalue weighted by Gasteiger charge is -2.14. The molecule has 0 unspecified atom stereocenters. The normalized spacial score (nSPS) is 11.9. The number of fused-ring (bicyclic) bond motifs is 10. The van der Waals surface area contributed by atoms with Crippen LogP contribution in [0.5, 0.6) is 0 Å². The highest BCUT2D eigenvalue weighted by Gasteiger charge is 2.23. The van der Waals surface area contributed by atoms with Crippen molar-refractivity contribution in [1.82, 2.24) is 13.7 Å². The van der Waals surface area contributed by atoms with Crippen molar-refractivity contribution < 1.29 is 0 Å². The van der Waals surface area contributed by atoms with Gasteiger partial charge in [0.1, 0.15) is 0 Å². The van der Waals surface area contributed by atoms with E-state index in [2.05, 4.69) is 202 Å². The topological polar surface area (TPSA) is 14.8 Å². The summed E-state index contributed by atoms with van der Waals surface area (Å²) in [6.45, 7) is 0. The van der Waals surface area contributed by atoms with E-state index in [0.717, 1.165) is 11.4 Å². The molecule has 0 bridgehead atoms. The highest BCUT2D eigenvalue weighted by Crippen LogP contribution is 2.44. The first-order valence-corrected chi connectivity index (χ1v) is 17.5. The summed E-state index contributed by atoms with van der Waals surface area (Å²) in [6.07, 6.45) is 0. The summed E-state index contributed by atoms with van der Waals surface area (Å²) >= 11 is 0. The van der Waals surface area contributed by atoms with Crippen LogP contribution in [-0.4, -0.2) is 13.7 Å². The first kappa shape index (κ1) is 28.0. The average molecular weight is 650 g/mol. The zero-order valence-corrected chi connectivity index (χ0v) is 27.7. The summed E-state index contributed by atoms with van der Waals surface area (Å²) < 4.78 is 7.41. The SMILES string of the molecule is c1ccc(-c2ccc(-n3c4ccccc4c4c(-n5c6ccccc6c6ccc7c8ccccc8n(-c8ccccc8)c7c65)cccc43)cc2)cc1. The molecule has 0 spiro atoms. The van der Waals surface area contributed by atoms with Crippen molar-refractivity contribution in [3.05, 3.63) is 188 Å². The van der Waals surface area contributed by atoms with Crippen molar-refractivity contribution in [1.29, 1.82) is 0 Å². The molecule has 11 aromatic rings. The van der Waals surface area contributed by atoms with E-state index in [9.17, 15) is 0 Å². The van der Waals surface area contributed by atoms with Gasteiger partial charge in [-0.05, 0) is 65.7 Å². The van der Waals surface area contributed by atoms with Crippen LogP contribution in [0.25, 0.3) is 93.6 Å². The Labute approximate surface area is 294 Å². The summed E-state index contributed by atoms with van der Waals surface area (Å²) in [5, 5.41) is 7.47. The second-order valence-electron chi connectivity index (χ2n) is 13.3. The van der Waals surface area contributed by atoms with Crippen molar-refractivity contribution in [2.45, 2.75) is 0 Å². The largest absolute Gasteiger partial charge is 0.309 e. The lowest BCUT2D eigenvalue weighted by molar-refractivity contribution is 1.15. The van der Waals surface area contributed by atoms with Crippen LogP contribution >= 0.6 is 0 Å². The first-order chi connectivity index (χ1) is 25.3. The zero-order chi connectivity index (χ0) is 33.5. The fourth-order valence-corrected chi connectivity index (χ4v) is 8.49. The van der Waals surface area contributed by atoms with Crippen molar-refractivity contribution in [2.24, 2.45) is 0 Å². The molecule has 0 aliphatic heterocycles. The Bertz CT molecular complexity index is 3110. The number of hydrogen-bond acceptors (Lipinski definition) is 0. The Morgan fingerprint density at radius 1 is 0.255 bits per heavy atom. The van der Waals surface area contributed by atoms with Gasteiger partial charge in [0.2, 0.25) is 0 Å². The highest BCUT2D eigenvalue weighted by molar-refractivity contribution is 6.25. The van der Waals surface area contributed by atoms with Crippen LogP contribution in [0.3, 0.4) is 0 Å². The molecule has 3 heteroatoms. The number of aromatic nitrogens is 3. The third-order valence-electron chi connectivity index (χ3n) is 10.6. The van der Waals surface area contributed by atoms with Gasteiger partial charge in [-0.15, -0.1) is 0 Å². The molecular formula is C48H31N3. The van der Waals surface area contributed by atoms with E-state index in [1.807, 2.05) is 0 Å². The Hall–Kier alpha value is -6.84. The lowest BCUT2D eigenvalue weighted by Crippen LogP contribution is -1.99. The predicted octanol–water partition coefficient (Wildman–Crippen LogP) is 12.6. The molecule has 3 heterocycles. The molecule has 238 valence electrons. The van der Waals surface area contributed by atoms with E-state index in [4.69, 9.17) is 0 Å². The molecule has 0 fully saturated rings. The number of rotatable bonds is 4. The maximum absolute atomic E-state index is 2.53. The van der Waals surface area contributed by atoms with Gasteiger partial charge in [-0.25, -0.2) is 0 Å². The summed E-state index contributed by atoms with van der Waals surface area (Å²) in [6, 6.07) is 68.3. The monoisotopic (exact) mass is 649 g/mol. The molecule has 0 amide bonds. The van der Waals surface area contributed by atoms with Crippen LogP contribution in [0, 0.1) is 0 Å². The van der Waals surface area contributed by atoms with E-state index >= 15 is 0 Å². The van der Waals surface area contributed by atoms with Gasteiger partial charge in [0.25, 0.3) is 0 Å². The number of nitrogens with zero attached hydrogens (tertiary/aromatic N) is 3. The minimum atomic E-state index is 1.15. The molecule has 0 saturated heterocycles. The number of benzene rings is 8. The minimum absolute atomic E-state index is 1.15. The van der Waals surface area contributed by atoms with Crippen LogP contribution in [0.2, 0.25) is 0 Å². The van der Waals surface area contributed by atoms with E-state index in [0.29, 0.717) is 0 Å². The van der Waals surface area contributed by atoms with Crippen molar-refractivity contribution in [2.75, 3.05) is 0 Å². The standard InChI is InChI=1S/C48H31N3/c1-3-14-32(15-4-1)33-26-28-35(29-27-33)49-43-23-12-9-20-40(43)46-44(49)24-13-25-45(46)51-42-22-11-8-19-37(42)39-31-30-38-36-18-7-10-21-41(36)50(47(38)48(39)51)34-16-5-2-6-17-34/h1-31H. The van der Waals surface area contributed by atoms with Gasteiger partial charge in [-0.1, -0.05) is 133 Å². The maximum Gasteiger partial charge on any atom is 0.0789 e. The van der Waals surface area contributed by atoms with E-state index < -0.39 is 0 Å². The van der Waals surface area contributed by atoms with E-state index in [1.165, 1.54) is 82.2 Å². The predicted molar refractivity (Wildman–Crippen MR) is 215 cm³/mol. The first-order valence-electron chi connectivity index (χ1n) is 17.5. The van der Waals surface area contributed by atoms with Crippen LogP contribution in [-0.2, 0) is 0 Å². The molecule has 3 aromatic heterocycles. The lowest BCUT2D eigenvalue weighted by atomic mass is 10.1. The average Bonchev–Trinajstić information content (AvgIpc) is 3.85. The van der Waals surface area contributed by atoms with E-state index in [-0.39, 0.29) is 0 Å². The molecule has 11 rings (SSSR count). The highest BCUT2D eigenvalue weighted by atomic mass is 15.1. The van der Waals surface area contributed by atoms with Crippen LogP contribution in [0.15, 0.2) is 188 Å². The van der Waals surface area contributed by atoms with Crippen molar-refractivity contribution in [3.63, 3.8) is 0 Å². The molecule has 0 aliphatic carbocycles. The zero-order valence-electron chi connectivity index (χ0n) is 27.7. The fourth-order valence-electron chi connectivity index (χ4n) is 8.49. The molecular weight excluding hydrogens is 619 g/mol. The molecule has 0 N–H and O–H groups in total. The minimum Gasteiger partial charge on any atom is -0.309 e. The second-order valence-corrected chi connectivity index (χ2v) is 13.3. The molecule has 0 atom stereocenters. The smallest absolute Gasteiger partial charge is 0.0789 e. The molecule has 51 heavy (non-hydrogen) atoms. The second kappa shape index (κ2) is 10.8. The molecule has 0 radical (unpaired) electrons. The number of para-hydroxylation sites is 4.